The number of benzene rings is 3. The third-order valence-corrected chi connectivity index (χ3v) is 9.74. The van der Waals surface area contributed by atoms with Gasteiger partial charge in [0.2, 0.25) is 11.8 Å². The third kappa shape index (κ3) is 6.40. The summed E-state index contributed by atoms with van der Waals surface area (Å²) in [5.41, 5.74) is -6.83. The van der Waals surface area contributed by atoms with Crippen LogP contribution in [-0.4, -0.2) is 60.1 Å². The topological polar surface area (TPSA) is 49.9 Å². The van der Waals surface area contributed by atoms with E-state index in [1.165, 1.54) is 6.92 Å². The molecule has 48 heavy (non-hydrogen) atoms. The van der Waals surface area contributed by atoms with Crippen molar-refractivity contribution < 1.29 is 49.4 Å². The lowest BCUT2D eigenvalue weighted by atomic mass is 9.71. The van der Waals surface area contributed by atoms with Gasteiger partial charge in [-0.3, -0.25) is 9.59 Å². The SMILES string of the molecule is CC(=O)N1CCC(C(=O)N2C[C@@H](c3ccc(C(OCc4c(F)cccc4F)(C(F)(F)F)C(F)(F)F)cc3)[C@@](C)(c3ccccc3)C2)CC1. The fraction of sp³-hybridized carbons (Fsp3) is 0.429. The zero-order valence-electron chi connectivity index (χ0n) is 26.2. The van der Waals surface area contributed by atoms with Crippen LogP contribution in [0.15, 0.2) is 72.8 Å². The first kappa shape index (κ1) is 35.3. The molecule has 5 rings (SSSR count). The van der Waals surface area contributed by atoms with E-state index >= 15 is 0 Å². The van der Waals surface area contributed by atoms with Crippen LogP contribution in [-0.2, 0) is 31.9 Å². The van der Waals surface area contributed by atoms with Crippen LogP contribution in [0.3, 0.4) is 0 Å². The summed E-state index contributed by atoms with van der Waals surface area (Å²) in [5, 5.41) is 0. The number of hydrogen-bond donors (Lipinski definition) is 0. The second-order valence-electron chi connectivity index (χ2n) is 12.6. The number of carbonyl (C=O) groups is 2. The highest BCUT2D eigenvalue weighted by Crippen LogP contribution is 2.54. The van der Waals surface area contributed by atoms with E-state index in [2.05, 4.69) is 4.74 Å². The molecule has 5 nitrogen and oxygen atoms in total. The van der Waals surface area contributed by atoms with Crippen LogP contribution >= 0.6 is 0 Å². The molecular formula is C35H34F8N2O3. The minimum absolute atomic E-state index is 0.0768. The largest absolute Gasteiger partial charge is 0.430 e. The van der Waals surface area contributed by atoms with Gasteiger partial charge < -0.3 is 14.5 Å². The lowest BCUT2D eigenvalue weighted by Crippen LogP contribution is -2.55. The standard InChI is InChI=1S/C35H34F8N2O3/c1-22(46)44-17-15-24(16-18-44)31(47)45-19-28(32(2,21-45)25-7-4-3-5-8-25)23-11-13-26(14-12-23)33(34(38,39)40,35(41,42)43)48-20-27-29(36)9-6-10-30(27)37/h3-14,24,28H,15-21H2,1-2H3/t28-,32+/m0/s1. The average Bonchev–Trinajstić information content (AvgIpc) is 3.40. The highest BCUT2D eigenvalue weighted by Gasteiger charge is 2.73. The Hall–Kier alpha value is -4.00. The summed E-state index contributed by atoms with van der Waals surface area (Å²) >= 11 is 0. The van der Waals surface area contributed by atoms with Crippen LogP contribution in [0.2, 0.25) is 0 Å². The summed E-state index contributed by atoms with van der Waals surface area (Å²) in [6, 6.07) is 15.1. The lowest BCUT2D eigenvalue weighted by Gasteiger charge is -2.38. The smallest absolute Gasteiger partial charge is 0.349 e. The van der Waals surface area contributed by atoms with Crippen LogP contribution in [0.1, 0.15) is 54.9 Å². The predicted octanol–water partition coefficient (Wildman–Crippen LogP) is 7.64. The third-order valence-electron chi connectivity index (χ3n) is 9.74. The van der Waals surface area contributed by atoms with E-state index in [4.69, 9.17) is 0 Å². The molecule has 0 aromatic heterocycles. The van der Waals surface area contributed by atoms with Crippen LogP contribution < -0.4 is 0 Å². The van der Waals surface area contributed by atoms with Crippen molar-refractivity contribution in [2.24, 2.45) is 5.92 Å². The molecule has 2 heterocycles. The van der Waals surface area contributed by atoms with Crippen molar-refractivity contribution in [3.8, 4) is 0 Å². The quantitative estimate of drug-likeness (QED) is 0.241. The predicted molar refractivity (Wildman–Crippen MR) is 159 cm³/mol. The molecule has 2 atom stereocenters. The zero-order valence-corrected chi connectivity index (χ0v) is 26.2. The monoisotopic (exact) mass is 682 g/mol. The molecule has 2 aliphatic heterocycles. The van der Waals surface area contributed by atoms with Crippen molar-refractivity contribution >= 4 is 11.8 Å². The molecule has 0 bridgehead atoms. The van der Waals surface area contributed by atoms with Gasteiger partial charge in [-0.15, -0.1) is 0 Å². The summed E-state index contributed by atoms with van der Waals surface area (Å²) in [7, 11) is 0. The maximum atomic E-state index is 14.5. The normalized spacial score (nSPS) is 21.1. The summed E-state index contributed by atoms with van der Waals surface area (Å²) in [4.78, 5) is 28.8. The fourth-order valence-electron chi connectivity index (χ4n) is 6.98. The molecule has 2 aliphatic rings. The molecule has 0 spiro atoms. The molecule has 2 amide bonds. The first-order chi connectivity index (χ1) is 22.5. The molecule has 0 radical (unpaired) electrons. The Morgan fingerprint density at radius 3 is 1.90 bits per heavy atom. The van der Waals surface area contributed by atoms with Gasteiger partial charge in [0.25, 0.3) is 5.60 Å². The number of halogens is 8. The van der Waals surface area contributed by atoms with Crippen molar-refractivity contribution in [2.75, 3.05) is 26.2 Å². The Balaban J connectivity index is 1.49. The lowest BCUT2D eigenvalue weighted by molar-refractivity contribution is -0.392. The van der Waals surface area contributed by atoms with E-state index in [9.17, 15) is 44.7 Å². The molecule has 0 N–H and O–H groups in total. The summed E-state index contributed by atoms with van der Waals surface area (Å²) in [6.45, 7) is 3.00. The molecule has 3 aromatic rings. The van der Waals surface area contributed by atoms with Gasteiger partial charge in [-0.2, -0.15) is 26.3 Å². The van der Waals surface area contributed by atoms with Gasteiger partial charge in [0.1, 0.15) is 11.6 Å². The number of rotatable bonds is 7. The number of alkyl halides is 6. The first-order valence-electron chi connectivity index (χ1n) is 15.4. The second-order valence-corrected chi connectivity index (χ2v) is 12.6. The number of hydrogen-bond acceptors (Lipinski definition) is 3. The van der Waals surface area contributed by atoms with Crippen molar-refractivity contribution in [2.45, 2.75) is 62.6 Å². The summed E-state index contributed by atoms with van der Waals surface area (Å²) in [6.07, 6.45) is -11.2. The Morgan fingerprint density at radius 1 is 0.812 bits per heavy atom. The van der Waals surface area contributed by atoms with Gasteiger partial charge in [0.15, 0.2) is 0 Å². The molecule has 258 valence electrons. The van der Waals surface area contributed by atoms with Gasteiger partial charge in [0.05, 0.1) is 6.61 Å². The maximum Gasteiger partial charge on any atom is 0.430 e. The van der Waals surface area contributed by atoms with Gasteiger partial charge in [-0.05, 0) is 36.1 Å². The number of piperidine rings is 1. The van der Waals surface area contributed by atoms with Gasteiger partial charge in [-0.25, -0.2) is 8.78 Å². The van der Waals surface area contributed by atoms with Crippen molar-refractivity contribution in [3.63, 3.8) is 0 Å². The number of likely N-dealkylation sites (tertiary alicyclic amines) is 2. The van der Waals surface area contributed by atoms with Crippen molar-refractivity contribution in [1.82, 2.24) is 9.80 Å². The van der Waals surface area contributed by atoms with E-state index in [1.54, 1.807) is 28.0 Å². The van der Waals surface area contributed by atoms with E-state index in [1.807, 2.05) is 19.1 Å². The Bertz CT molecular complexity index is 1590. The molecule has 13 heteroatoms. The zero-order chi connectivity index (χ0) is 35.1. The molecule has 2 saturated heterocycles. The van der Waals surface area contributed by atoms with E-state index in [-0.39, 0.29) is 30.8 Å². The Kier molecular flexibility index (Phi) is 9.66. The van der Waals surface area contributed by atoms with Gasteiger partial charge in [0, 0.05) is 61.5 Å². The number of amides is 2. The van der Waals surface area contributed by atoms with E-state index < -0.39 is 58.7 Å². The minimum atomic E-state index is -6.07. The molecule has 0 saturated carbocycles. The maximum absolute atomic E-state index is 14.5. The van der Waals surface area contributed by atoms with Crippen molar-refractivity contribution in [3.05, 3.63) is 107 Å². The molecular weight excluding hydrogens is 648 g/mol. The molecule has 3 aromatic carbocycles. The summed E-state index contributed by atoms with van der Waals surface area (Å²) in [5.74, 6) is -3.76. The highest BCUT2D eigenvalue weighted by molar-refractivity contribution is 5.80. The number of nitrogens with zero attached hydrogens (tertiary/aromatic N) is 2. The van der Waals surface area contributed by atoms with E-state index in [0.717, 1.165) is 23.8 Å². The van der Waals surface area contributed by atoms with Gasteiger partial charge >= 0.3 is 12.4 Å². The van der Waals surface area contributed by atoms with Crippen LogP contribution in [0.4, 0.5) is 35.1 Å². The Labute approximate surface area is 272 Å². The molecule has 0 aliphatic carbocycles. The van der Waals surface area contributed by atoms with Crippen LogP contribution in [0, 0.1) is 17.6 Å². The highest BCUT2D eigenvalue weighted by atomic mass is 19.4. The first-order valence-corrected chi connectivity index (χ1v) is 15.4. The van der Waals surface area contributed by atoms with Gasteiger partial charge in [-0.1, -0.05) is 67.6 Å². The van der Waals surface area contributed by atoms with Crippen molar-refractivity contribution in [1.29, 1.82) is 0 Å². The Morgan fingerprint density at radius 2 is 1.38 bits per heavy atom. The molecule has 0 unspecified atom stereocenters. The van der Waals surface area contributed by atoms with Crippen LogP contribution in [0.25, 0.3) is 0 Å². The minimum Gasteiger partial charge on any atom is -0.349 e. The van der Waals surface area contributed by atoms with E-state index in [0.29, 0.717) is 55.8 Å². The second kappa shape index (κ2) is 13.1. The fourth-order valence-corrected chi connectivity index (χ4v) is 6.98. The summed E-state index contributed by atoms with van der Waals surface area (Å²) < 4.78 is 120. The number of carbonyl (C=O) groups excluding carboxylic acids is 2. The van der Waals surface area contributed by atoms with Crippen LogP contribution in [0.5, 0.6) is 0 Å². The average molecular weight is 683 g/mol. The molecule has 2 fully saturated rings. The number of ether oxygens (including phenoxy) is 1.